The molecular weight excluding hydrogens is 422 g/mol. The molecule has 0 fully saturated rings. The number of hydrogen-bond acceptors (Lipinski definition) is 3. The van der Waals surface area contributed by atoms with Gasteiger partial charge < -0.3 is 10.4 Å². The number of nitrogens with zero attached hydrogens (tertiary/aromatic N) is 2. The van der Waals surface area contributed by atoms with Crippen molar-refractivity contribution in [3.63, 3.8) is 0 Å². The quantitative estimate of drug-likeness (QED) is 0.307. The van der Waals surface area contributed by atoms with Crippen LogP contribution in [0.4, 0.5) is 5.69 Å². The molecule has 1 heterocycles. The highest BCUT2D eigenvalue weighted by molar-refractivity contribution is 5.88. The first-order chi connectivity index (χ1) is 16.3. The van der Waals surface area contributed by atoms with Crippen LogP contribution in [0.2, 0.25) is 0 Å². The van der Waals surface area contributed by atoms with Crippen molar-refractivity contribution in [2.75, 3.05) is 5.32 Å². The van der Waals surface area contributed by atoms with Crippen LogP contribution < -0.4 is 5.32 Å². The summed E-state index contributed by atoms with van der Waals surface area (Å²) in [5, 5.41) is 18.3. The molecule has 0 unspecified atom stereocenters. The predicted octanol–water partition coefficient (Wildman–Crippen LogP) is 6.38. The fourth-order valence-corrected chi connectivity index (χ4v) is 4.44. The summed E-state index contributed by atoms with van der Waals surface area (Å²) in [5.74, 6) is -0.132. The number of aliphatic carboxylic acids is 1. The molecule has 34 heavy (non-hydrogen) atoms. The Kier molecular flexibility index (Phi) is 7.01. The Bertz CT molecular complexity index is 1300. The maximum atomic E-state index is 11.2. The third-order valence-electron chi connectivity index (χ3n) is 6.29. The Labute approximate surface area is 201 Å². The lowest BCUT2D eigenvalue weighted by Crippen LogP contribution is -2.05. The van der Waals surface area contributed by atoms with Gasteiger partial charge in [-0.25, -0.2) is 0 Å². The highest BCUT2D eigenvalue weighted by Gasteiger charge is 2.13. The Balaban J connectivity index is 1.65. The zero-order chi connectivity index (χ0) is 24.2. The first-order valence-corrected chi connectivity index (χ1v) is 11.9. The van der Waals surface area contributed by atoms with E-state index < -0.39 is 5.97 Å². The van der Waals surface area contributed by atoms with Crippen LogP contribution in [-0.2, 0) is 31.2 Å². The highest BCUT2D eigenvalue weighted by Crippen LogP contribution is 2.34. The summed E-state index contributed by atoms with van der Waals surface area (Å²) in [5.41, 5.74) is 9.05. The number of carboxylic acids is 1. The van der Waals surface area contributed by atoms with E-state index in [1.54, 1.807) is 0 Å². The molecule has 0 atom stereocenters. The van der Waals surface area contributed by atoms with Gasteiger partial charge in [0.2, 0.25) is 0 Å². The minimum atomic E-state index is -0.777. The molecule has 2 N–H and O–H groups in total. The molecule has 4 rings (SSSR count). The normalized spacial score (nSPS) is 11.3. The number of rotatable bonds is 9. The van der Waals surface area contributed by atoms with Gasteiger partial charge in [0.1, 0.15) is 0 Å². The number of fused-ring (bicyclic) bond motifs is 1. The van der Waals surface area contributed by atoms with Gasteiger partial charge in [-0.1, -0.05) is 44.2 Å². The van der Waals surface area contributed by atoms with E-state index in [-0.39, 0.29) is 6.42 Å². The van der Waals surface area contributed by atoms with Crippen LogP contribution in [0.1, 0.15) is 42.5 Å². The fourth-order valence-electron chi connectivity index (χ4n) is 4.44. The van der Waals surface area contributed by atoms with Crippen molar-refractivity contribution >= 4 is 22.6 Å². The summed E-state index contributed by atoms with van der Waals surface area (Å²) in [7, 11) is 1.94. The second-order valence-corrected chi connectivity index (χ2v) is 9.53. The van der Waals surface area contributed by atoms with E-state index in [0.29, 0.717) is 12.3 Å². The molecule has 5 nitrogen and oxygen atoms in total. The molecule has 0 spiro atoms. The van der Waals surface area contributed by atoms with Crippen molar-refractivity contribution in [3.05, 3.63) is 83.0 Å². The maximum Gasteiger partial charge on any atom is 0.303 e. The van der Waals surface area contributed by atoms with Crippen LogP contribution >= 0.6 is 0 Å². The van der Waals surface area contributed by atoms with Crippen molar-refractivity contribution in [1.29, 1.82) is 0 Å². The number of benzene rings is 3. The van der Waals surface area contributed by atoms with E-state index >= 15 is 0 Å². The molecular formula is C29H33N3O2. The van der Waals surface area contributed by atoms with Crippen LogP contribution in [0, 0.1) is 12.8 Å². The van der Waals surface area contributed by atoms with E-state index in [9.17, 15) is 9.90 Å². The van der Waals surface area contributed by atoms with Gasteiger partial charge in [0.05, 0.1) is 11.7 Å². The number of aryl methyl sites for hydroxylation is 3. The summed E-state index contributed by atoms with van der Waals surface area (Å²) in [6.07, 6.45) is 3.61. The number of carboxylic acid groups (broad SMARTS) is 1. The first kappa shape index (κ1) is 23.6. The maximum absolute atomic E-state index is 11.2. The van der Waals surface area contributed by atoms with Crippen LogP contribution in [-0.4, -0.2) is 20.9 Å². The molecule has 0 radical (unpaired) electrons. The van der Waals surface area contributed by atoms with E-state index in [4.69, 9.17) is 0 Å². The van der Waals surface area contributed by atoms with Gasteiger partial charge in [0.25, 0.3) is 0 Å². The van der Waals surface area contributed by atoms with Gasteiger partial charge in [-0.2, -0.15) is 5.10 Å². The number of aromatic nitrogens is 2. The SMILES string of the molecule is Cc1cc(NCc2ccc(CC(C)C)cc2)c(-c2ccc3c(cnn3C)c2)cc1CCC(=O)O. The summed E-state index contributed by atoms with van der Waals surface area (Å²) in [6, 6.07) is 19.5. The van der Waals surface area contributed by atoms with Gasteiger partial charge in [-0.15, -0.1) is 0 Å². The molecule has 3 aromatic carbocycles. The van der Waals surface area contributed by atoms with E-state index in [0.717, 1.165) is 51.8 Å². The molecule has 0 aliphatic heterocycles. The highest BCUT2D eigenvalue weighted by atomic mass is 16.4. The lowest BCUT2D eigenvalue weighted by molar-refractivity contribution is -0.136. The summed E-state index contributed by atoms with van der Waals surface area (Å²) < 4.78 is 1.87. The van der Waals surface area contributed by atoms with Gasteiger partial charge in [-0.3, -0.25) is 9.48 Å². The average molecular weight is 456 g/mol. The summed E-state index contributed by atoms with van der Waals surface area (Å²) >= 11 is 0. The molecule has 5 heteroatoms. The first-order valence-electron chi connectivity index (χ1n) is 11.9. The number of carbonyl (C=O) groups is 1. The molecule has 0 amide bonds. The van der Waals surface area contributed by atoms with Gasteiger partial charge >= 0.3 is 5.97 Å². The topological polar surface area (TPSA) is 67.2 Å². The van der Waals surface area contributed by atoms with E-state index in [2.05, 4.69) is 85.8 Å². The zero-order valence-corrected chi connectivity index (χ0v) is 20.4. The molecule has 176 valence electrons. The lowest BCUT2D eigenvalue weighted by atomic mass is 9.94. The van der Waals surface area contributed by atoms with E-state index in [1.165, 1.54) is 11.1 Å². The summed E-state index contributed by atoms with van der Waals surface area (Å²) in [6.45, 7) is 7.25. The minimum absolute atomic E-state index is 0.122. The monoisotopic (exact) mass is 455 g/mol. The standard InChI is InChI=1S/C29H33N3O2/c1-19(2)13-21-5-7-22(8-6-21)17-30-27-14-20(3)23(10-12-29(33)34)16-26(27)24-9-11-28-25(15-24)18-31-32(28)4/h5-9,11,14-16,18-19,30H,10,12-13,17H2,1-4H3,(H,33,34). The molecule has 0 aliphatic rings. The molecule has 0 saturated heterocycles. The lowest BCUT2D eigenvalue weighted by Gasteiger charge is -2.17. The predicted molar refractivity (Wildman–Crippen MR) is 139 cm³/mol. The Morgan fingerprint density at radius 1 is 1.06 bits per heavy atom. The van der Waals surface area contributed by atoms with Crippen LogP contribution in [0.5, 0.6) is 0 Å². The minimum Gasteiger partial charge on any atom is -0.481 e. The van der Waals surface area contributed by atoms with Crippen LogP contribution in [0.15, 0.2) is 60.8 Å². The Morgan fingerprint density at radius 2 is 1.79 bits per heavy atom. The van der Waals surface area contributed by atoms with Crippen molar-refractivity contribution < 1.29 is 9.90 Å². The molecule has 0 bridgehead atoms. The van der Waals surface area contributed by atoms with Crippen molar-refractivity contribution in [3.8, 4) is 11.1 Å². The van der Waals surface area contributed by atoms with Crippen LogP contribution in [0.3, 0.4) is 0 Å². The second kappa shape index (κ2) is 10.1. The van der Waals surface area contributed by atoms with E-state index in [1.807, 2.05) is 17.9 Å². The molecule has 0 aliphatic carbocycles. The number of hydrogen-bond donors (Lipinski definition) is 2. The Hall–Kier alpha value is -3.60. The zero-order valence-electron chi connectivity index (χ0n) is 20.4. The molecule has 0 saturated carbocycles. The third-order valence-corrected chi connectivity index (χ3v) is 6.29. The van der Waals surface area contributed by atoms with Crippen molar-refractivity contribution in [2.45, 2.75) is 46.6 Å². The van der Waals surface area contributed by atoms with Gasteiger partial charge in [-0.05, 0) is 77.8 Å². The fraction of sp³-hybridized carbons (Fsp3) is 0.310. The van der Waals surface area contributed by atoms with Crippen molar-refractivity contribution in [1.82, 2.24) is 9.78 Å². The number of nitrogens with one attached hydrogen (secondary N) is 1. The van der Waals surface area contributed by atoms with Gasteiger partial charge in [0, 0.05) is 36.7 Å². The van der Waals surface area contributed by atoms with Crippen molar-refractivity contribution in [2.24, 2.45) is 13.0 Å². The van der Waals surface area contributed by atoms with Crippen LogP contribution in [0.25, 0.3) is 22.0 Å². The molecule has 4 aromatic rings. The summed E-state index contributed by atoms with van der Waals surface area (Å²) in [4.78, 5) is 11.2. The van der Waals surface area contributed by atoms with Gasteiger partial charge in [0.15, 0.2) is 0 Å². The largest absolute Gasteiger partial charge is 0.481 e. The second-order valence-electron chi connectivity index (χ2n) is 9.53. The number of anilines is 1. The molecule has 1 aromatic heterocycles. The smallest absolute Gasteiger partial charge is 0.303 e. The third kappa shape index (κ3) is 5.48. The Morgan fingerprint density at radius 3 is 2.50 bits per heavy atom. The average Bonchev–Trinajstić information content (AvgIpc) is 3.17.